The molecule has 24 rings (SSSR count). The highest BCUT2D eigenvalue weighted by atomic mass is 16.1. The Bertz CT molecular complexity index is 6320. The minimum absolute atomic E-state index is 0.107. The number of aromatic nitrogens is 11. The second-order valence-electron chi connectivity index (χ2n) is 39.7. The van der Waals surface area contributed by atoms with Crippen molar-refractivity contribution in [1.82, 2.24) is 69.3 Å². The van der Waals surface area contributed by atoms with Crippen molar-refractivity contribution < 1.29 is 4.79 Å². The fraction of sp³-hybridized carbons (Fsp3) is 0.476. The van der Waals surface area contributed by atoms with Crippen molar-refractivity contribution in [3.63, 3.8) is 0 Å². The number of hydrogen-bond donors (Lipinski definition) is 5. The molecule has 686 valence electrons. The van der Waals surface area contributed by atoms with Crippen LogP contribution >= 0.6 is 0 Å². The van der Waals surface area contributed by atoms with Crippen LogP contribution in [0.25, 0.3) is 11.3 Å². The molecular weight excluding hydrogens is 1660 g/mol. The molecule has 10 aliphatic heterocycles. The number of hydrogen-bond acceptors (Lipinski definition) is 28. The van der Waals surface area contributed by atoms with E-state index in [1.165, 1.54) is 63.8 Å². The van der Waals surface area contributed by atoms with Crippen LogP contribution in [0.15, 0.2) is 154 Å². The minimum Gasteiger partial charge on any atom is -0.368 e. The van der Waals surface area contributed by atoms with Crippen LogP contribution in [0.2, 0.25) is 0 Å². The minimum atomic E-state index is -0.454. The van der Waals surface area contributed by atoms with Crippen molar-refractivity contribution in [1.29, 1.82) is 5.26 Å². The highest BCUT2D eigenvalue weighted by Gasteiger charge is 2.51. The van der Waals surface area contributed by atoms with Crippen LogP contribution in [-0.2, 0) is 70.1 Å². The molecule has 4 spiro atoms. The molecule has 0 bridgehead atoms. The third-order valence-corrected chi connectivity index (χ3v) is 32.3. The summed E-state index contributed by atoms with van der Waals surface area (Å²) < 4.78 is 1.81. The van der Waals surface area contributed by atoms with E-state index in [2.05, 4.69) is 184 Å². The van der Waals surface area contributed by atoms with Gasteiger partial charge in [0.05, 0.1) is 102 Å². The van der Waals surface area contributed by atoms with E-state index in [9.17, 15) is 10.1 Å². The Morgan fingerprint density at radius 1 is 0.444 bits per heavy atom. The molecule has 16 heterocycles. The van der Waals surface area contributed by atoms with Gasteiger partial charge >= 0.3 is 0 Å². The van der Waals surface area contributed by atoms with Gasteiger partial charge < -0.3 is 67.9 Å². The standard InChI is InChI=1S/C32H35N9.C25H32N6.C23H29N7O.C23H27N7/c1-20-30(40-14-11-32(12-15-40)16-21-6-3-4-7-23(21)29(32)33)38-26-18-34-31(28(26)36-20)41-13-5-8-25-27(41)10-9-24(37-25)22-17-35-39(2)19-22;1-17-23(29-20-16-27-24(21(20)28-17)30-11-5-2-6-12-30)31-13-9-25(10-14-31)15-18-7-3-4-8-19(18)22(25)26;1-14(21(25)31)29(2)22-19-17(12-27-22)28-18(13-26-19)30-9-7-23(8-10-30)11-15-5-3-4-6-16(15)20(23)24;1-15(12-24)29(2)22-20-18(13-27-22)28-19(14-26-20)30-9-7-23(8-10-30)11-16-5-3-4-6-17(16)21(23)25/h3-4,6-7,9-10,17,19,29H,5,8,11-16,18,33H2,1-2H3;3-4,7-8,22H,2,5-6,9-16,26H2,1H3;3-6,13-14,20H,7-12,24H2,1-2H3,(H2,25,31);3-6,14-15,21H,7-11,13,25H2,1-2H3/t29-;22-;14-,20+;15-,21+/m1100/s1. The highest BCUT2D eigenvalue weighted by Crippen LogP contribution is 2.56. The van der Waals surface area contributed by atoms with Crippen molar-refractivity contribution >= 4 is 58.2 Å². The first kappa shape index (κ1) is 87.1. The van der Waals surface area contributed by atoms with E-state index in [-0.39, 0.29) is 51.9 Å². The summed E-state index contributed by atoms with van der Waals surface area (Å²) in [6.07, 6.45) is 26.3. The summed E-state index contributed by atoms with van der Waals surface area (Å²) in [4.78, 5) is 92.8. The second-order valence-corrected chi connectivity index (χ2v) is 39.7. The summed E-state index contributed by atoms with van der Waals surface area (Å²) >= 11 is 0. The number of amides is 1. The van der Waals surface area contributed by atoms with Gasteiger partial charge in [0.2, 0.25) is 5.91 Å². The number of piperidine rings is 5. The molecule has 30 nitrogen and oxygen atoms in total. The van der Waals surface area contributed by atoms with Gasteiger partial charge in [0.1, 0.15) is 58.1 Å². The smallest absolute Gasteiger partial charge is 0.239 e. The van der Waals surface area contributed by atoms with Crippen LogP contribution in [0, 0.1) is 46.8 Å². The third kappa shape index (κ3) is 15.7. The lowest BCUT2D eigenvalue weighted by Crippen LogP contribution is -2.45. The Kier molecular flexibility index (Phi) is 23.0. The fourth-order valence-electron chi connectivity index (χ4n) is 24.0. The summed E-state index contributed by atoms with van der Waals surface area (Å²) in [6, 6.07) is 41.0. The van der Waals surface area contributed by atoms with E-state index < -0.39 is 11.9 Å². The topological polar surface area (TPSA) is 380 Å². The van der Waals surface area contributed by atoms with E-state index in [0.29, 0.717) is 32.0 Å². The van der Waals surface area contributed by atoms with Gasteiger partial charge in [0.25, 0.3) is 0 Å². The van der Waals surface area contributed by atoms with E-state index in [1.807, 2.05) is 62.4 Å². The molecular formula is C103H123N29O. The van der Waals surface area contributed by atoms with Crippen molar-refractivity contribution in [2.45, 2.75) is 199 Å². The first-order chi connectivity index (χ1) is 64.5. The Balaban J connectivity index is 0.000000108. The lowest BCUT2D eigenvalue weighted by atomic mass is 9.73. The number of likely N-dealkylation sites (tertiary alicyclic amines) is 1. The normalized spacial score (nSPS) is 22.2. The fourth-order valence-corrected chi connectivity index (χ4v) is 24.0. The zero-order valence-electron chi connectivity index (χ0n) is 77.8. The average molecular weight is 1780 g/mol. The van der Waals surface area contributed by atoms with E-state index >= 15 is 0 Å². The molecule has 5 saturated heterocycles. The first-order valence-electron chi connectivity index (χ1n) is 48.2. The molecule has 1 amide bonds. The molecule has 10 N–H and O–H groups in total. The maximum absolute atomic E-state index is 11.5. The van der Waals surface area contributed by atoms with E-state index in [1.54, 1.807) is 11.8 Å². The third-order valence-electron chi connectivity index (χ3n) is 32.3. The number of nitrogens with zero attached hydrogens (tertiary/aromatic N) is 24. The molecule has 0 saturated carbocycles. The number of nitrogens with two attached hydrogens (primary N) is 5. The molecule has 30 heteroatoms. The van der Waals surface area contributed by atoms with E-state index in [4.69, 9.17) is 73.5 Å². The summed E-state index contributed by atoms with van der Waals surface area (Å²) in [6.45, 7) is 20.7. The highest BCUT2D eigenvalue weighted by molar-refractivity contribution is 6.11. The number of anilines is 5. The van der Waals surface area contributed by atoms with Crippen molar-refractivity contribution in [2.24, 2.45) is 77.3 Å². The van der Waals surface area contributed by atoms with Gasteiger partial charge in [-0.3, -0.25) is 34.4 Å². The second kappa shape index (κ2) is 35.1. The lowest BCUT2D eigenvalue weighted by Gasteiger charge is -2.43. The zero-order valence-corrected chi connectivity index (χ0v) is 77.8. The van der Waals surface area contributed by atoms with E-state index in [0.717, 1.165) is 282 Å². The van der Waals surface area contributed by atoms with Crippen LogP contribution in [0.3, 0.4) is 0 Å². The number of nitriles is 1. The summed E-state index contributed by atoms with van der Waals surface area (Å²) in [5, 5.41) is 13.5. The molecule has 0 unspecified atom stereocenters. The van der Waals surface area contributed by atoms with Gasteiger partial charge in [0, 0.05) is 129 Å². The number of likely N-dealkylation sites (N-methyl/N-ethyl adjacent to an activating group) is 1. The molecule has 0 radical (unpaired) electrons. The monoisotopic (exact) mass is 1780 g/mol. The maximum atomic E-state index is 11.5. The van der Waals surface area contributed by atoms with Crippen LogP contribution in [0.1, 0.15) is 222 Å². The number of amidine groups is 4. The van der Waals surface area contributed by atoms with Crippen molar-refractivity contribution in [3.05, 3.63) is 241 Å². The van der Waals surface area contributed by atoms with Crippen LogP contribution in [0.5, 0.6) is 0 Å². The molecule has 10 aromatic rings. The maximum Gasteiger partial charge on any atom is 0.239 e. The Hall–Kier alpha value is -12.6. The number of fused-ring (bicyclic) bond motifs is 9. The van der Waals surface area contributed by atoms with Gasteiger partial charge in [-0.25, -0.2) is 39.9 Å². The molecule has 6 aromatic heterocycles. The zero-order chi connectivity index (χ0) is 91.3. The number of aryl methyl sites for hydroxylation is 4. The molecule has 14 aliphatic rings. The number of carbonyl (C=O) groups excluding carboxylic acids is 1. The number of pyridine rings is 1. The molecule has 133 heavy (non-hydrogen) atoms. The predicted octanol–water partition coefficient (Wildman–Crippen LogP) is 11.3. The number of rotatable bonds is 8. The summed E-state index contributed by atoms with van der Waals surface area (Å²) in [5.41, 5.74) is 57.6. The Morgan fingerprint density at radius 3 is 1.27 bits per heavy atom. The van der Waals surface area contributed by atoms with Gasteiger partial charge in [-0.15, -0.1) is 0 Å². The number of carbonyl (C=O) groups is 1. The molecule has 6 atom stereocenters. The summed E-state index contributed by atoms with van der Waals surface area (Å²) in [5.74, 6) is 6.89. The van der Waals surface area contributed by atoms with Gasteiger partial charge in [-0.1, -0.05) is 97.1 Å². The van der Waals surface area contributed by atoms with Crippen LogP contribution in [-0.4, -0.2) is 197 Å². The van der Waals surface area contributed by atoms with Gasteiger partial charge in [-0.2, -0.15) is 10.4 Å². The number of benzene rings is 4. The average Bonchev–Trinajstić information content (AvgIpc) is 1.62. The predicted molar refractivity (Wildman–Crippen MR) is 519 cm³/mol. The van der Waals surface area contributed by atoms with Crippen molar-refractivity contribution in [2.75, 3.05) is 111 Å². The first-order valence-corrected chi connectivity index (χ1v) is 48.2. The number of aliphatic imine (C=N–C) groups is 4. The number of primary amides is 1. The largest absolute Gasteiger partial charge is 0.368 e. The lowest BCUT2D eigenvalue weighted by molar-refractivity contribution is -0.121. The quantitative estimate of drug-likeness (QED) is 0.0943. The van der Waals surface area contributed by atoms with Crippen LogP contribution in [0.4, 0.5) is 29.0 Å². The van der Waals surface area contributed by atoms with Crippen LogP contribution < -0.4 is 53.2 Å². The van der Waals surface area contributed by atoms with Gasteiger partial charge in [-0.05, 0) is 215 Å². The SMILES string of the molecule is C[C@@H](C#N)N(C)C1=NCc2nc(N3CCC4(CC3)Cc3ccccc3[C@H]4N)cnc21.C[C@@H](C(N)=O)N(C)C1=NCc2nc(N3CCC4(CC3)Cc3ccccc3[C@H]4N)cnc21.Cc1nc2c(nc1N1CCC3(CC1)Cc1ccccc1[C@H]3N)CN=C2N1CCCCC1.Cc1nc2c(nc1N1CCC3(CC1)Cc1ccccc1[C@H]3N)CN=C2N1CCCc2nc(-c3cnn(C)c3)ccc21. The van der Waals surface area contributed by atoms with Crippen molar-refractivity contribution in [3.8, 4) is 17.3 Å². The van der Waals surface area contributed by atoms with Gasteiger partial charge in [0.15, 0.2) is 23.3 Å². The molecule has 4 aliphatic carbocycles. The summed E-state index contributed by atoms with van der Waals surface area (Å²) in [7, 11) is 5.62. The molecule has 5 fully saturated rings. The Morgan fingerprint density at radius 2 is 0.850 bits per heavy atom. The Labute approximate surface area is 778 Å². The molecule has 4 aromatic carbocycles.